The number of imidazole rings is 1. The molecule has 188 valence electrons. The zero-order chi connectivity index (χ0) is 25.9. The van der Waals surface area contributed by atoms with Crippen LogP contribution in [0.25, 0.3) is 16.9 Å². The molecule has 3 amide bonds. The minimum atomic E-state index is -4.64. The van der Waals surface area contributed by atoms with Crippen molar-refractivity contribution in [1.29, 1.82) is 0 Å². The molecule has 0 bridgehead atoms. The van der Waals surface area contributed by atoms with Crippen LogP contribution in [-0.2, 0) is 17.4 Å². The Morgan fingerprint density at radius 2 is 1.72 bits per heavy atom. The summed E-state index contributed by atoms with van der Waals surface area (Å²) in [5, 5.41) is 17.4. The van der Waals surface area contributed by atoms with Gasteiger partial charge in [0.05, 0.1) is 5.56 Å². The molecular weight excluding hydrogens is 477 g/mol. The second-order valence-electron chi connectivity index (χ2n) is 7.80. The highest BCUT2D eigenvalue weighted by Gasteiger charge is 2.33. The fourth-order valence-electron chi connectivity index (χ4n) is 3.66. The summed E-state index contributed by atoms with van der Waals surface area (Å²) in [4.78, 5) is 28.2. The number of halogens is 3. The van der Waals surface area contributed by atoms with Crippen molar-refractivity contribution in [2.75, 3.05) is 30.0 Å². The highest BCUT2D eigenvalue weighted by atomic mass is 19.4. The van der Waals surface area contributed by atoms with Crippen LogP contribution < -0.4 is 21.3 Å². The monoisotopic (exact) mass is 500 g/mol. The molecule has 4 rings (SSSR count). The normalized spacial score (nSPS) is 11.4. The van der Waals surface area contributed by atoms with Crippen molar-refractivity contribution < 1.29 is 22.8 Å². The number of H-pyrrole nitrogens is 1. The number of rotatable bonds is 7. The smallest absolute Gasteiger partial charge is 0.372 e. The molecule has 0 atom stereocenters. The van der Waals surface area contributed by atoms with Gasteiger partial charge >= 0.3 is 12.2 Å². The second kappa shape index (κ2) is 9.98. The van der Waals surface area contributed by atoms with Crippen LogP contribution in [0.15, 0.2) is 48.8 Å². The van der Waals surface area contributed by atoms with Crippen LogP contribution in [0.1, 0.15) is 17.5 Å². The van der Waals surface area contributed by atoms with Crippen molar-refractivity contribution in [2.24, 2.45) is 0 Å². The summed E-state index contributed by atoms with van der Waals surface area (Å²) < 4.78 is 42.4. The van der Waals surface area contributed by atoms with Crippen molar-refractivity contribution in [3.63, 3.8) is 0 Å². The average molecular weight is 500 g/mol. The molecule has 4 aromatic rings. The standard InChI is InChI=1S/C23H23F3N8O2/c1-27-18(35)10-4-13-3-5-15(11-17(13)23(24,25)26)31-22(36)30-14-6-8-16(9-7-14)34-12-29-19-20(28-2)32-33-21(19)34/h3,5-9,11-12H,4,10H2,1-2H3,(H,27,35)(H2,28,32,33)(H2,30,31,36). The Balaban J connectivity index is 1.44. The maximum Gasteiger partial charge on any atom is 0.416 e. The average Bonchev–Trinajstić information content (AvgIpc) is 3.45. The lowest BCUT2D eigenvalue weighted by Gasteiger charge is -2.15. The Morgan fingerprint density at radius 1 is 1.03 bits per heavy atom. The first-order valence-corrected chi connectivity index (χ1v) is 10.9. The lowest BCUT2D eigenvalue weighted by molar-refractivity contribution is -0.138. The molecule has 36 heavy (non-hydrogen) atoms. The predicted octanol–water partition coefficient (Wildman–Crippen LogP) is 4.13. The van der Waals surface area contributed by atoms with Gasteiger partial charge in [0.25, 0.3) is 0 Å². The number of urea groups is 1. The van der Waals surface area contributed by atoms with Gasteiger partial charge in [0.1, 0.15) is 12.1 Å². The van der Waals surface area contributed by atoms with E-state index in [0.29, 0.717) is 22.7 Å². The maximum atomic E-state index is 13.5. The number of aromatic amines is 1. The van der Waals surface area contributed by atoms with Gasteiger partial charge in [0.15, 0.2) is 11.2 Å². The van der Waals surface area contributed by atoms with E-state index >= 15 is 0 Å². The summed E-state index contributed by atoms with van der Waals surface area (Å²) in [6, 6.07) is 9.56. The molecule has 2 aromatic heterocycles. The third-order valence-corrected chi connectivity index (χ3v) is 5.48. The number of hydrogen-bond donors (Lipinski definition) is 5. The summed E-state index contributed by atoms with van der Waals surface area (Å²) in [7, 11) is 3.17. The van der Waals surface area contributed by atoms with Crippen LogP contribution in [0.5, 0.6) is 0 Å². The Hall–Kier alpha value is -4.55. The number of nitrogens with zero attached hydrogens (tertiary/aromatic N) is 3. The van der Waals surface area contributed by atoms with Gasteiger partial charge in [-0.25, -0.2) is 9.78 Å². The first-order chi connectivity index (χ1) is 17.2. The molecule has 0 aliphatic rings. The summed E-state index contributed by atoms with van der Waals surface area (Å²) >= 11 is 0. The molecule has 2 heterocycles. The second-order valence-corrected chi connectivity index (χ2v) is 7.80. The number of anilines is 3. The molecule has 5 N–H and O–H groups in total. The molecule has 0 aliphatic heterocycles. The van der Waals surface area contributed by atoms with Gasteiger partial charge in [-0.1, -0.05) is 6.07 Å². The first-order valence-electron chi connectivity index (χ1n) is 10.9. The van der Waals surface area contributed by atoms with E-state index in [4.69, 9.17) is 0 Å². The van der Waals surface area contributed by atoms with Crippen LogP contribution in [0.4, 0.5) is 35.2 Å². The topological polar surface area (TPSA) is 129 Å². The number of benzene rings is 2. The third-order valence-electron chi connectivity index (χ3n) is 5.48. The van der Waals surface area contributed by atoms with Crippen molar-refractivity contribution in [1.82, 2.24) is 25.1 Å². The number of nitrogens with one attached hydrogen (secondary N) is 5. The summed E-state index contributed by atoms with van der Waals surface area (Å²) in [5.74, 6) is 0.326. The van der Waals surface area contributed by atoms with E-state index in [0.717, 1.165) is 11.8 Å². The number of aromatic nitrogens is 4. The van der Waals surface area contributed by atoms with E-state index in [1.807, 2.05) is 0 Å². The summed E-state index contributed by atoms with van der Waals surface area (Å²) in [6.45, 7) is 0. The first kappa shape index (κ1) is 24.6. The SMILES string of the molecule is CNC(=O)CCc1ccc(NC(=O)Nc2ccc(-n3cnc4c(NC)[nH]nc43)cc2)cc1C(F)(F)F. The van der Waals surface area contributed by atoms with Crippen molar-refractivity contribution in [3.05, 3.63) is 59.9 Å². The molecule has 0 unspecified atom stereocenters. The number of carbonyl (C=O) groups excluding carboxylic acids is 2. The Morgan fingerprint density at radius 3 is 2.39 bits per heavy atom. The van der Waals surface area contributed by atoms with Gasteiger partial charge in [-0.3, -0.25) is 14.5 Å². The number of carbonyl (C=O) groups is 2. The van der Waals surface area contributed by atoms with Gasteiger partial charge in [-0.05, 0) is 48.4 Å². The molecule has 0 aliphatic carbocycles. The van der Waals surface area contributed by atoms with Crippen molar-refractivity contribution >= 4 is 40.3 Å². The maximum absolute atomic E-state index is 13.5. The van der Waals surface area contributed by atoms with E-state index in [1.165, 1.54) is 19.2 Å². The molecule has 13 heteroatoms. The summed E-state index contributed by atoms with van der Waals surface area (Å²) in [5.41, 5.74) is 1.53. The zero-order valence-electron chi connectivity index (χ0n) is 19.3. The van der Waals surface area contributed by atoms with E-state index in [1.54, 1.807) is 42.2 Å². The van der Waals surface area contributed by atoms with Gasteiger partial charge in [0.2, 0.25) is 5.91 Å². The van der Waals surface area contributed by atoms with Gasteiger partial charge < -0.3 is 21.3 Å². The molecule has 0 saturated carbocycles. The van der Waals surface area contributed by atoms with Crippen LogP contribution >= 0.6 is 0 Å². The highest BCUT2D eigenvalue weighted by Crippen LogP contribution is 2.34. The number of aryl methyl sites for hydroxylation is 1. The number of amides is 3. The Labute approximate surface area is 203 Å². The molecule has 0 fully saturated rings. The van der Waals surface area contributed by atoms with Crippen LogP contribution in [0.2, 0.25) is 0 Å². The van der Waals surface area contributed by atoms with E-state index in [-0.39, 0.29) is 30.0 Å². The Kier molecular flexibility index (Phi) is 6.81. The number of fused-ring (bicyclic) bond motifs is 1. The van der Waals surface area contributed by atoms with E-state index < -0.39 is 17.8 Å². The summed E-state index contributed by atoms with van der Waals surface area (Å²) in [6.07, 6.45) is -3.17. The predicted molar refractivity (Wildman–Crippen MR) is 129 cm³/mol. The highest BCUT2D eigenvalue weighted by molar-refractivity contribution is 6.00. The van der Waals surface area contributed by atoms with E-state index in [2.05, 4.69) is 36.4 Å². The minimum absolute atomic E-state index is 0.0278. The van der Waals surface area contributed by atoms with Crippen molar-refractivity contribution in [2.45, 2.75) is 19.0 Å². The molecule has 0 saturated heterocycles. The fourth-order valence-corrected chi connectivity index (χ4v) is 3.66. The zero-order valence-corrected chi connectivity index (χ0v) is 19.3. The van der Waals surface area contributed by atoms with E-state index in [9.17, 15) is 22.8 Å². The lowest BCUT2D eigenvalue weighted by atomic mass is 10.0. The van der Waals surface area contributed by atoms with Crippen LogP contribution in [0.3, 0.4) is 0 Å². The third kappa shape index (κ3) is 5.24. The molecule has 0 radical (unpaired) electrons. The lowest BCUT2D eigenvalue weighted by Crippen LogP contribution is -2.21. The Bertz CT molecular complexity index is 1390. The van der Waals surface area contributed by atoms with Gasteiger partial charge in [-0.15, -0.1) is 0 Å². The largest absolute Gasteiger partial charge is 0.416 e. The fraction of sp³-hybridized carbons (Fsp3) is 0.217. The quantitative estimate of drug-likeness (QED) is 0.261. The van der Waals surface area contributed by atoms with Crippen molar-refractivity contribution in [3.8, 4) is 5.69 Å². The van der Waals surface area contributed by atoms with Gasteiger partial charge in [0, 0.05) is 37.6 Å². The minimum Gasteiger partial charge on any atom is -0.372 e. The molecule has 0 spiro atoms. The van der Waals surface area contributed by atoms with Gasteiger partial charge in [-0.2, -0.15) is 18.3 Å². The number of hydrogen-bond acceptors (Lipinski definition) is 5. The molecular formula is C23H23F3N8O2. The number of alkyl halides is 3. The molecule has 10 nitrogen and oxygen atoms in total. The molecule has 2 aromatic carbocycles. The van der Waals surface area contributed by atoms with Crippen LogP contribution in [0, 0.1) is 0 Å². The van der Waals surface area contributed by atoms with Crippen LogP contribution in [-0.4, -0.2) is 45.8 Å².